The van der Waals surface area contributed by atoms with Crippen LogP contribution in [0.2, 0.25) is 0 Å². The highest BCUT2D eigenvalue weighted by molar-refractivity contribution is 5.25. The highest BCUT2D eigenvalue weighted by atomic mass is 16.3. The number of imidazole rings is 1. The van der Waals surface area contributed by atoms with Gasteiger partial charge in [0.15, 0.2) is 0 Å². The Kier molecular flexibility index (Phi) is 15.4. The van der Waals surface area contributed by atoms with E-state index in [0.29, 0.717) is 6.42 Å². The minimum Gasteiger partial charge on any atom is -0.396 e. The summed E-state index contributed by atoms with van der Waals surface area (Å²) in [5, 5.41) is 9.27. The number of nitrogens with zero attached hydrogens (tertiary/aromatic N) is 1. The third kappa shape index (κ3) is 12.8. The van der Waals surface area contributed by atoms with Gasteiger partial charge in [0, 0.05) is 18.5 Å². The van der Waals surface area contributed by atoms with Gasteiger partial charge in [-0.05, 0) is 44.1 Å². The lowest BCUT2D eigenvalue weighted by Gasteiger charge is -2.04. The lowest BCUT2D eigenvalue weighted by atomic mass is 10.0. The van der Waals surface area contributed by atoms with Crippen molar-refractivity contribution in [2.24, 2.45) is 0 Å². The van der Waals surface area contributed by atoms with E-state index in [0.717, 1.165) is 18.7 Å². The topological polar surface area (TPSA) is 48.9 Å². The van der Waals surface area contributed by atoms with Crippen molar-refractivity contribution >= 4 is 0 Å². The van der Waals surface area contributed by atoms with Crippen LogP contribution < -0.4 is 0 Å². The fourth-order valence-electron chi connectivity index (χ4n) is 4.42. The molecular formula is C30H48N2O. The van der Waals surface area contributed by atoms with Crippen molar-refractivity contribution in [2.45, 2.75) is 116 Å². The van der Waals surface area contributed by atoms with Crippen molar-refractivity contribution in [3.05, 3.63) is 65.3 Å². The van der Waals surface area contributed by atoms with Crippen LogP contribution in [-0.2, 0) is 19.3 Å². The number of aromatic amines is 1. The zero-order valence-electron chi connectivity index (χ0n) is 21.2. The quantitative estimate of drug-likeness (QED) is 0.157. The average Bonchev–Trinajstić information content (AvgIpc) is 3.20. The Bertz CT molecular complexity index is 735. The molecule has 0 unspecified atom stereocenters. The molecule has 0 aliphatic heterocycles. The summed E-state index contributed by atoms with van der Waals surface area (Å²) in [6.07, 6.45) is 26.0. The molecule has 1 heterocycles. The summed E-state index contributed by atoms with van der Waals surface area (Å²) >= 11 is 0. The number of hydrogen-bond acceptors (Lipinski definition) is 2. The van der Waals surface area contributed by atoms with Crippen molar-refractivity contribution in [1.29, 1.82) is 0 Å². The zero-order valence-corrected chi connectivity index (χ0v) is 21.2. The van der Waals surface area contributed by atoms with E-state index in [9.17, 15) is 5.11 Å². The highest BCUT2D eigenvalue weighted by Crippen LogP contribution is 2.17. The van der Waals surface area contributed by atoms with Crippen LogP contribution >= 0.6 is 0 Å². The van der Waals surface area contributed by atoms with Gasteiger partial charge < -0.3 is 10.1 Å². The predicted octanol–water partition coefficient (Wildman–Crippen LogP) is 8.12. The average molecular weight is 453 g/mol. The second kappa shape index (κ2) is 18.5. The Labute approximate surface area is 203 Å². The summed E-state index contributed by atoms with van der Waals surface area (Å²) in [5.74, 6) is 0.919. The molecule has 0 bridgehead atoms. The van der Waals surface area contributed by atoms with Crippen molar-refractivity contribution in [1.82, 2.24) is 9.97 Å². The molecule has 0 aliphatic rings. The fourth-order valence-corrected chi connectivity index (χ4v) is 4.42. The van der Waals surface area contributed by atoms with Gasteiger partial charge in [0.1, 0.15) is 5.82 Å². The standard InChI is InChI=1S/C30H48N2O/c1-2-3-4-5-6-7-8-9-10-11-12-13-14-15-16-20-23-28-29(32-30(31-28)24-25-33)26-27-21-18-17-19-22-27/h9-10,17-19,21-22,33H,2-8,11-16,20,23-26H2,1H3,(H,31,32)/b10-9-. The maximum atomic E-state index is 9.27. The van der Waals surface area contributed by atoms with Crippen molar-refractivity contribution in [3.63, 3.8) is 0 Å². The molecular weight excluding hydrogens is 404 g/mol. The maximum Gasteiger partial charge on any atom is 0.108 e. The molecule has 0 saturated carbocycles. The van der Waals surface area contributed by atoms with Crippen LogP contribution in [0, 0.1) is 0 Å². The SMILES string of the molecule is CCCCCCCC/C=C\CCCCCCCCc1nc(CCO)[nH]c1Cc1ccccc1. The van der Waals surface area contributed by atoms with Crippen LogP contribution in [0.5, 0.6) is 0 Å². The molecule has 0 spiro atoms. The van der Waals surface area contributed by atoms with Crippen LogP contribution in [0.25, 0.3) is 0 Å². The van der Waals surface area contributed by atoms with Crippen LogP contribution in [0.4, 0.5) is 0 Å². The molecule has 1 aromatic carbocycles. The molecule has 2 N–H and O–H groups in total. The Morgan fingerprint density at radius 2 is 1.36 bits per heavy atom. The number of hydrogen-bond donors (Lipinski definition) is 2. The number of allylic oxidation sites excluding steroid dienone is 2. The minimum absolute atomic E-state index is 0.145. The number of benzene rings is 1. The molecule has 2 rings (SSSR count). The van der Waals surface area contributed by atoms with Gasteiger partial charge in [-0.2, -0.15) is 0 Å². The minimum atomic E-state index is 0.145. The molecule has 0 amide bonds. The van der Waals surface area contributed by atoms with Gasteiger partial charge in [-0.1, -0.05) is 107 Å². The van der Waals surface area contributed by atoms with E-state index in [4.69, 9.17) is 4.98 Å². The molecule has 3 heteroatoms. The normalized spacial score (nSPS) is 11.6. The molecule has 0 radical (unpaired) electrons. The summed E-state index contributed by atoms with van der Waals surface area (Å²) in [6, 6.07) is 10.6. The van der Waals surface area contributed by atoms with Gasteiger partial charge in [0.2, 0.25) is 0 Å². The van der Waals surface area contributed by atoms with Crippen LogP contribution in [-0.4, -0.2) is 21.7 Å². The summed E-state index contributed by atoms with van der Waals surface area (Å²) in [6.45, 7) is 2.42. The fraction of sp³-hybridized carbons (Fsp3) is 0.633. The number of nitrogens with one attached hydrogen (secondary N) is 1. The van der Waals surface area contributed by atoms with Crippen molar-refractivity contribution in [2.75, 3.05) is 6.61 Å². The van der Waals surface area contributed by atoms with Gasteiger partial charge in [0.05, 0.1) is 12.3 Å². The Hall–Kier alpha value is -1.87. The smallest absolute Gasteiger partial charge is 0.108 e. The first-order valence-corrected chi connectivity index (χ1v) is 13.7. The van der Waals surface area contributed by atoms with E-state index in [-0.39, 0.29) is 6.61 Å². The first kappa shape index (κ1) is 27.4. The van der Waals surface area contributed by atoms with Gasteiger partial charge in [-0.3, -0.25) is 0 Å². The van der Waals surface area contributed by atoms with Gasteiger partial charge >= 0.3 is 0 Å². The van der Waals surface area contributed by atoms with E-state index < -0.39 is 0 Å². The molecule has 2 aromatic rings. The van der Waals surface area contributed by atoms with Crippen LogP contribution in [0.1, 0.15) is 120 Å². The number of aliphatic hydroxyl groups is 1. The molecule has 0 saturated heterocycles. The molecule has 1 aromatic heterocycles. The Morgan fingerprint density at radius 1 is 0.758 bits per heavy atom. The second-order valence-electron chi connectivity index (χ2n) is 9.43. The van der Waals surface area contributed by atoms with Crippen molar-refractivity contribution in [3.8, 4) is 0 Å². The first-order valence-electron chi connectivity index (χ1n) is 13.7. The van der Waals surface area contributed by atoms with Gasteiger partial charge in [-0.25, -0.2) is 4.98 Å². The molecule has 0 atom stereocenters. The van der Waals surface area contributed by atoms with Gasteiger partial charge in [0.25, 0.3) is 0 Å². The molecule has 33 heavy (non-hydrogen) atoms. The van der Waals surface area contributed by atoms with Crippen LogP contribution in [0.15, 0.2) is 42.5 Å². The number of aromatic nitrogens is 2. The first-order chi connectivity index (χ1) is 16.3. The van der Waals surface area contributed by atoms with Gasteiger partial charge in [-0.15, -0.1) is 0 Å². The zero-order chi connectivity index (χ0) is 23.4. The number of unbranched alkanes of at least 4 members (excludes halogenated alkanes) is 12. The van der Waals surface area contributed by atoms with Crippen molar-refractivity contribution < 1.29 is 5.11 Å². The third-order valence-electron chi connectivity index (χ3n) is 6.41. The van der Waals surface area contributed by atoms with Crippen LogP contribution in [0.3, 0.4) is 0 Å². The Morgan fingerprint density at radius 3 is 2.00 bits per heavy atom. The number of rotatable bonds is 20. The Balaban J connectivity index is 1.53. The highest BCUT2D eigenvalue weighted by Gasteiger charge is 2.10. The molecule has 0 fully saturated rings. The monoisotopic (exact) mass is 452 g/mol. The summed E-state index contributed by atoms with van der Waals surface area (Å²) < 4.78 is 0. The van der Waals surface area contributed by atoms with E-state index in [2.05, 4.69) is 54.4 Å². The van der Waals surface area contributed by atoms with E-state index >= 15 is 0 Å². The second-order valence-corrected chi connectivity index (χ2v) is 9.43. The lowest BCUT2D eigenvalue weighted by molar-refractivity contribution is 0.297. The maximum absolute atomic E-state index is 9.27. The summed E-state index contributed by atoms with van der Waals surface area (Å²) in [4.78, 5) is 8.24. The molecule has 184 valence electrons. The lowest BCUT2D eigenvalue weighted by Crippen LogP contribution is -1.96. The summed E-state index contributed by atoms with van der Waals surface area (Å²) in [7, 11) is 0. The van der Waals surface area contributed by atoms with E-state index in [1.54, 1.807) is 0 Å². The molecule has 0 aliphatic carbocycles. The largest absolute Gasteiger partial charge is 0.396 e. The number of aryl methyl sites for hydroxylation is 1. The number of aliphatic hydroxyl groups excluding tert-OH is 1. The summed E-state index contributed by atoms with van der Waals surface area (Å²) in [5.41, 5.74) is 3.72. The third-order valence-corrected chi connectivity index (χ3v) is 6.41. The molecule has 3 nitrogen and oxygen atoms in total. The van der Waals surface area contributed by atoms with E-state index in [1.807, 2.05) is 0 Å². The predicted molar refractivity (Wildman–Crippen MR) is 142 cm³/mol. The van der Waals surface area contributed by atoms with E-state index in [1.165, 1.54) is 107 Å². The number of H-pyrrole nitrogens is 1.